The number of rotatable bonds is 105. The maximum atomic E-state index is 8.19. The third kappa shape index (κ3) is 68.5. The second-order valence-electron chi connectivity index (χ2n) is 42.4. The molecule has 0 bridgehead atoms. The van der Waals surface area contributed by atoms with Crippen molar-refractivity contribution < 1.29 is 13.6 Å². The van der Waals surface area contributed by atoms with Gasteiger partial charge >= 0.3 is 8.60 Å². The monoisotopic (exact) mass is 1820 g/mol. The highest BCUT2D eigenvalue weighted by molar-refractivity contribution is 7.43. The van der Waals surface area contributed by atoms with E-state index in [1.165, 1.54) is 614 Å². The zero-order valence-corrected chi connectivity index (χ0v) is 91.0. The molecule has 0 amide bonds. The predicted octanol–water partition coefficient (Wildman–Crippen LogP) is 45.6. The summed E-state index contributed by atoms with van der Waals surface area (Å²) in [6.07, 6.45) is 133. The summed E-state index contributed by atoms with van der Waals surface area (Å²) in [5.41, 5.74) is 14.3. The number of hydrogen-bond donors (Lipinski definition) is 0. The van der Waals surface area contributed by atoms with Crippen LogP contribution in [0.1, 0.15) is 690 Å². The Balaban J connectivity index is 2.52. The van der Waals surface area contributed by atoms with Crippen molar-refractivity contribution >= 4 is 8.60 Å². The minimum atomic E-state index is -1.97. The van der Waals surface area contributed by atoms with Crippen LogP contribution >= 0.6 is 8.60 Å². The molecular weight excluding hydrogens is 1590 g/mol. The first kappa shape index (κ1) is 122. The fraction of sp³-hybridized carbons (Fsp3) is 0.857. The van der Waals surface area contributed by atoms with Gasteiger partial charge in [0.15, 0.2) is 0 Å². The smallest absolute Gasteiger partial charge is 0.408 e. The predicted molar refractivity (Wildman–Crippen MR) is 588 cm³/mol. The van der Waals surface area contributed by atoms with Gasteiger partial charge in [0.05, 0.1) is 0 Å². The van der Waals surface area contributed by atoms with Crippen molar-refractivity contribution in [3.05, 3.63) is 86.5 Å². The van der Waals surface area contributed by atoms with Crippen LogP contribution in [-0.2, 0) is 57.8 Å². The SMILES string of the molecule is CCCCCCCCCCCCc1ccc(OP(Oc2ccc(CCCCCCCCCCCC)c(CCCCCCCCCCCC)c2CCCCCCCCCCCC)Oc2ccc(CCCCCCCCCCCC)c(CCCCCCCCCCCC)c2CCCCCCCCCCCC)c(CCCCCCCCCCCC)c1CCCCCCCCCCCC. The maximum Gasteiger partial charge on any atom is 0.530 e. The van der Waals surface area contributed by atoms with Crippen LogP contribution in [0.2, 0.25) is 0 Å². The zero-order valence-electron chi connectivity index (χ0n) is 90.1. The molecule has 0 atom stereocenters. The molecule has 3 aromatic rings. The first-order valence-electron chi connectivity index (χ1n) is 60.7. The molecule has 758 valence electrons. The van der Waals surface area contributed by atoms with E-state index in [9.17, 15) is 0 Å². The van der Waals surface area contributed by atoms with E-state index in [0.29, 0.717) is 0 Å². The Morgan fingerprint density at radius 2 is 0.231 bits per heavy atom. The van der Waals surface area contributed by atoms with Gasteiger partial charge < -0.3 is 13.6 Å². The van der Waals surface area contributed by atoms with Crippen LogP contribution in [0, 0.1) is 0 Å². The molecule has 0 spiro atoms. The minimum absolute atomic E-state index is 1.08. The molecule has 3 rings (SSSR count). The molecule has 0 unspecified atom stereocenters. The van der Waals surface area contributed by atoms with Crippen molar-refractivity contribution in [1.29, 1.82) is 0 Å². The van der Waals surface area contributed by atoms with Crippen LogP contribution < -0.4 is 13.6 Å². The van der Waals surface area contributed by atoms with Gasteiger partial charge in [-0.15, -0.1) is 0 Å². The topological polar surface area (TPSA) is 27.7 Å². The third-order valence-corrected chi connectivity index (χ3v) is 31.1. The van der Waals surface area contributed by atoms with Gasteiger partial charge in [0.25, 0.3) is 0 Å². The van der Waals surface area contributed by atoms with Gasteiger partial charge in [0.2, 0.25) is 0 Å². The minimum Gasteiger partial charge on any atom is -0.408 e. The molecule has 0 aliphatic carbocycles. The molecule has 0 aliphatic rings. The van der Waals surface area contributed by atoms with Gasteiger partial charge in [-0.2, -0.15) is 0 Å². The van der Waals surface area contributed by atoms with E-state index in [0.717, 1.165) is 55.8 Å². The molecule has 130 heavy (non-hydrogen) atoms. The lowest BCUT2D eigenvalue weighted by Gasteiger charge is -2.26. The van der Waals surface area contributed by atoms with Crippen molar-refractivity contribution in [1.82, 2.24) is 0 Å². The summed E-state index contributed by atoms with van der Waals surface area (Å²) in [7, 11) is -1.97. The standard InChI is InChI=1S/C126H231O3P/c1-10-19-28-37-46-55-64-73-82-91-100-115-109-112-124(121(106-97-88-79-70-61-52-43-34-25-16-7)118(115)103-94-85-76-67-58-49-40-31-22-13-4)127-130(128-125-113-110-116(101-92-83-74-65-56-47-38-29-20-11-2)119(104-95-86-77-68-59-50-41-32-23-14-5)122(125)107-98-89-80-71-62-53-44-35-26-17-8)129-126-114-111-117(102-93-84-75-66-57-48-39-30-21-12-3)120(105-96-87-78-69-60-51-42-33-24-15-6)123(126)108-99-90-81-72-63-54-45-36-27-18-9/h109-114H,10-108H2,1-9H3. The molecule has 0 fully saturated rings. The van der Waals surface area contributed by atoms with E-state index in [4.69, 9.17) is 13.6 Å². The highest BCUT2D eigenvalue weighted by Crippen LogP contribution is 2.49. The Morgan fingerprint density at radius 3 is 0.362 bits per heavy atom. The summed E-state index contributed by atoms with van der Waals surface area (Å²) in [5, 5.41) is 0. The highest BCUT2D eigenvalue weighted by atomic mass is 31.2. The Hall–Kier alpha value is -2.51. The van der Waals surface area contributed by atoms with Gasteiger partial charge in [0.1, 0.15) is 17.2 Å². The lowest BCUT2D eigenvalue weighted by Crippen LogP contribution is -2.11. The molecule has 0 aliphatic heterocycles. The Labute approximate surface area is 818 Å². The molecule has 3 aromatic carbocycles. The summed E-state index contributed by atoms with van der Waals surface area (Å²) >= 11 is 0. The number of aryl methyl sites for hydroxylation is 3. The van der Waals surface area contributed by atoms with Crippen molar-refractivity contribution in [3.8, 4) is 17.2 Å². The number of unbranched alkanes of at least 4 members (excludes halogenated alkanes) is 81. The lowest BCUT2D eigenvalue weighted by molar-refractivity contribution is 0.380. The quantitative estimate of drug-likeness (QED) is 0.0416. The fourth-order valence-corrected chi connectivity index (χ4v) is 22.4. The highest BCUT2D eigenvalue weighted by Gasteiger charge is 2.29. The molecule has 0 N–H and O–H groups in total. The van der Waals surface area contributed by atoms with E-state index in [-0.39, 0.29) is 0 Å². The Kier molecular flexibility index (Phi) is 89.3. The summed E-state index contributed by atoms with van der Waals surface area (Å²) < 4.78 is 24.6. The third-order valence-electron chi connectivity index (χ3n) is 30.1. The second kappa shape index (κ2) is 95.4. The van der Waals surface area contributed by atoms with Crippen LogP contribution in [0.5, 0.6) is 17.2 Å². The first-order valence-corrected chi connectivity index (χ1v) is 61.8. The van der Waals surface area contributed by atoms with E-state index >= 15 is 0 Å². The summed E-state index contributed by atoms with van der Waals surface area (Å²) in [4.78, 5) is 0. The van der Waals surface area contributed by atoms with Gasteiger partial charge in [0, 0.05) is 0 Å². The van der Waals surface area contributed by atoms with E-state index in [1.54, 1.807) is 33.4 Å². The molecule has 0 radical (unpaired) electrons. The van der Waals surface area contributed by atoms with Crippen LogP contribution in [0.25, 0.3) is 0 Å². The van der Waals surface area contributed by atoms with Crippen LogP contribution in [0.3, 0.4) is 0 Å². The molecule has 0 heterocycles. The van der Waals surface area contributed by atoms with E-state index in [1.807, 2.05) is 0 Å². The Morgan fingerprint density at radius 1 is 0.123 bits per heavy atom. The van der Waals surface area contributed by atoms with Crippen LogP contribution in [0.4, 0.5) is 0 Å². The lowest BCUT2D eigenvalue weighted by atomic mass is 9.89. The summed E-state index contributed by atoms with van der Waals surface area (Å²) in [5.74, 6) is 3.24. The summed E-state index contributed by atoms with van der Waals surface area (Å²) in [6.45, 7) is 21.2. The zero-order chi connectivity index (χ0) is 92.9. The van der Waals surface area contributed by atoms with Crippen molar-refractivity contribution in [2.45, 2.75) is 698 Å². The largest absolute Gasteiger partial charge is 0.530 e. The molecule has 0 saturated carbocycles. The second-order valence-corrected chi connectivity index (χ2v) is 43.4. The van der Waals surface area contributed by atoms with Crippen molar-refractivity contribution in [2.24, 2.45) is 0 Å². The molecule has 0 aromatic heterocycles. The molecule has 3 nitrogen and oxygen atoms in total. The van der Waals surface area contributed by atoms with Crippen LogP contribution in [0.15, 0.2) is 36.4 Å². The maximum absolute atomic E-state index is 8.19. The van der Waals surface area contributed by atoms with Crippen LogP contribution in [-0.4, -0.2) is 0 Å². The van der Waals surface area contributed by atoms with E-state index in [2.05, 4.69) is 98.7 Å². The van der Waals surface area contributed by atoms with Gasteiger partial charge in [-0.25, -0.2) is 0 Å². The van der Waals surface area contributed by atoms with Gasteiger partial charge in [-0.1, -0.05) is 601 Å². The summed E-state index contributed by atoms with van der Waals surface area (Å²) in [6, 6.07) is 15.3. The normalized spacial score (nSPS) is 11.8. The van der Waals surface area contributed by atoms with Crippen molar-refractivity contribution in [2.75, 3.05) is 0 Å². The van der Waals surface area contributed by atoms with Gasteiger partial charge in [-0.05, 0) is 184 Å². The first-order chi connectivity index (χ1) is 64.4. The number of benzene rings is 3. The number of hydrogen-bond acceptors (Lipinski definition) is 3. The van der Waals surface area contributed by atoms with Crippen molar-refractivity contribution in [3.63, 3.8) is 0 Å². The average molecular weight is 1830 g/mol. The molecule has 4 heteroatoms. The molecular formula is C126H231O3P. The fourth-order valence-electron chi connectivity index (χ4n) is 21.3. The average Bonchev–Trinajstić information content (AvgIpc) is 0.793. The van der Waals surface area contributed by atoms with Gasteiger partial charge in [-0.3, -0.25) is 0 Å². The van der Waals surface area contributed by atoms with E-state index < -0.39 is 8.60 Å². The molecule has 0 saturated heterocycles. The Bertz CT molecular complexity index is 2520.